The van der Waals surface area contributed by atoms with Gasteiger partial charge >= 0.3 is 0 Å². The SMILES string of the molecule is O=C(COCc1nc2ccccc2s1)N1CCN(C(=O)c2cccs2)CC1. The maximum atomic E-state index is 12.3. The number of carbonyl (C=O) groups excluding carboxylic acids is 2. The third kappa shape index (κ3) is 4.18. The molecule has 27 heavy (non-hydrogen) atoms. The van der Waals surface area contributed by atoms with Crippen LogP contribution >= 0.6 is 22.7 Å². The number of thiazole rings is 1. The molecule has 0 unspecified atom stereocenters. The fourth-order valence-corrected chi connectivity index (χ4v) is 4.61. The zero-order chi connectivity index (χ0) is 18.6. The maximum Gasteiger partial charge on any atom is 0.264 e. The Labute approximate surface area is 165 Å². The number of para-hydroxylation sites is 1. The number of ether oxygens (including phenoxy) is 1. The first-order valence-electron chi connectivity index (χ1n) is 8.73. The van der Waals surface area contributed by atoms with Crippen LogP contribution in [0.2, 0.25) is 0 Å². The van der Waals surface area contributed by atoms with E-state index >= 15 is 0 Å². The molecule has 0 atom stereocenters. The van der Waals surface area contributed by atoms with Crippen LogP contribution in [-0.2, 0) is 16.1 Å². The minimum Gasteiger partial charge on any atom is -0.364 e. The van der Waals surface area contributed by atoms with Crippen molar-refractivity contribution in [3.63, 3.8) is 0 Å². The summed E-state index contributed by atoms with van der Waals surface area (Å²) in [6.45, 7) is 2.57. The molecular formula is C19H19N3O3S2. The third-order valence-corrected chi connectivity index (χ3v) is 6.31. The van der Waals surface area contributed by atoms with Gasteiger partial charge in [0.2, 0.25) is 5.91 Å². The molecule has 140 valence electrons. The van der Waals surface area contributed by atoms with Crippen molar-refractivity contribution in [1.29, 1.82) is 0 Å². The van der Waals surface area contributed by atoms with Crippen molar-refractivity contribution in [2.24, 2.45) is 0 Å². The standard InChI is InChI=1S/C19H19N3O3S2/c23-18(13-25-12-17-20-14-4-1-2-5-15(14)27-17)21-7-9-22(10-8-21)19(24)16-6-3-11-26-16/h1-6,11H,7-10,12-13H2. The average molecular weight is 402 g/mol. The van der Waals surface area contributed by atoms with Crippen LogP contribution in [0.3, 0.4) is 0 Å². The van der Waals surface area contributed by atoms with Crippen LogP contribution in [-0.4, -0.2) is 59.4 Å². The zero-order valence-corrected chi connectivity index (χ0v) is 16.3. The lowest BCUT2D eigenvalue weighted by atomic mass is 10.3. The Balaban J connectivity index is 1.23. The largest absolute Gasteiger partial charge is 0.364 e. The topological polar surface area (TPSA) is 62.7 Å². The summed E-state index contributed by atoms with van der Waals surface area (Å²) in [5.74, 6) is 0.00326. The summed E-state index contributed by atoms with van der Waals surface area (Å²) in [6.07, 6.45) is 0. The van der Waals surface area contributed by atoms with Gasteiger partial charge in [-0.1, -0.05) is 18.2 Å². The highest BCUT2D eigenvalue weighted by Crippen LogP contribution is 2.22. The van der Waals surface area contributed by atoms with E-state index in [-0.39, 0.29) is 18.4 Å². The van der Waals surface area contributed by atoms with E-state index in [9.17, 15) is 9.59 Å². The smallest absolute Gasteiger partial charge is 0.264 e. The molecule has 1 aromatic carbocycles. The average Bonchev–Trinajstić information content (AvgIpc) is 3.37. The second-order valence-corrected chi connectivity index (χ2v) is 8.28. The Bertz CT molecular complexity index is 898. The van der Waals surface area contributed by atoms with E-state index < -0.39 is 0 Å². The molecule has 1 aliphatic rings. The fourth-order valence-electron chi connectivity index (χ4n) is 3.01. The summed E-state index contributed by atoms with van der Waals surface area (Å²) in [7, 11) is 0. The first kappa shape index (κ1) is 18.1. The van der Waals surface area contributed by atoms with E-state index in [1.54, 1.807) is 21.1 Å². The van der Waals surface area contributed by atoms with Crippen molar-refractivity contribution < 1.29 is 14.3 Å². The van der Waals surface area contributed by atoms with Crippen molar-refractivity contribution in [3.8, 4) is 0 Å². The van der Waals surface area contributed by atoms with E-state index in [0.717, 1.165) is 20.1 Å². The summed E-state index contributed by atoms with van der Waals surface area (Å²) in [5.41, 5.74) is 0.957. The first-order valence-corrected chi connectivity index (χ1v) is 10.4. The number of piperazine rings is 1. The van der Waals surface area contributed by atoms with Crippen LogP contribution in [0.1, 0.15) is 14.7 Å². The van der Waals surface area contributed by atoms with Crippen LogP contribution in [0.4, 0.5) is 0 Å². The Kier molecular flexibility index (Phi) is 5.47. The summed E-state index contributed by atoms with van der Waals surface area (Å²) in [5, 5.41) is 2.77. The van der Waals surface area contributed by atoms with Crippen molar-refractivity contribution in [1.82, 2.24) is 14.8 Å². The van der Waals surface area contributed by atoms with Crippen LogP contribution in [0, 0.1) is 0 Å². The summed E-state index contributed by atoms with van der Waals surface area (Å²) < 4.78 is 6.69. The van der Waals surface area contributed by atoms with Crippen molar-refractivity contribution in [2.75, 3.05) is 32.8 Å². The Morgan fingerprint density at radius 3 is 2.56 bits per heavy atom. The molecule has 2 aromatic heterocycles. The van der Waals surface area contributed by atoms with Gasteiger partial charge in [0.1, 0.15) is 11.6 Å². The van der Waals surface area contributed by atoms with Gasteiger partial charge < -0.3 is 14.5 Å². The molecule has 1 aliphatic heterocycles. The van der Waals surface area contributed by atoms with Crippen molar-refractivity contribution >= 4 is 44.7 Å². The second-order valence-electron chi connectivity index (χ2n) is 6.22. The number of thiophene rings is 1. The van der Waals surface area contributed by atoms with Crippen molar-refractivity contribution in [3.05, 3.63) is 51.7 Å². The van der Waals surface area contributed by atoms with E-state index in [0.29, 0.717) is 32.8 Å². The molecule has 3 aromatic rings. The van der Waals surface area contributed by atoms with Crippen LogP contribution in [0.15, 0.2) is 41.8 Å². The molecule has 1 saturated heterocycles. The van der Waals surface area contributed by atoms with E-state index in [4.69, 9.17) is 4.74 Å². The Morgan fingerprint density at radius 2 is 1.81 bits per heavy atom. The lowest BCUT2D eigenvalue weighted by Crippen LogP contribution is -2.51. The molecule has 4 rings (SSSR count). The van der Waals surface area contributed by atoms with Gasteiger partial charge in [-0.05, 0) is 23.6 Å². The number of hydrogen-bond donors (Lipinski definition) is 0. The van der Waals surface area contributed by atoms with E-state index in [1.807, 2.05) is 41.8 Å². The fraction of sp³-hybridized carbons (Fsp3) is 0.316. The molecule has 0 saturated carbocycles. The highest BCUT2D eigenvalue weighted by molar-refractivity contribution is 7.18. The number of carbonyl (C=O) groups is 2. The molecule has 6 nitrogen and oxygen atoms in total. The molecule has 0 radical (unpaired) electrons. The Hall–Kier alpha value is -2.29. The molecule has 0 bridgehead atoms. The van der Waals surface area contributed by atoms with Gasteiger partial charge in [-0.2, -0.15) is 0 Å². The van der Waals surface area contributed by atoms with Gasteiger partial charge in [0.15, 0.2) is 0 Å². The molecule has 2 amide bonds. The summed E-state index contributed by atoms with van der Waals surface area (Å²) in [4.78, 5) is 33.5. The predicted octanol–water partition coefficient (Wildman–Crippen LogP) is 2.86. The quantitative estimate of drug-likeness (QED) is 0.660. The van der Waals surface area contributed by atoms with Crippen LogP contribution < -0.4 is 0 Å². The lowest BCUT2D eigenvalue weighted by molar-refractivity contribution is -0.138. The summed E-state index contributed by atoms with van der Waals surface area (Å²) >= 11 is 3.03. The second kappa shape index (κ2) is 8.16. The number of rotatable bonds is 5. The number of benzene rings is 1. The van der Waals surface area contributed by atoms with Gasteiger partial charge in [0.25, 0.3) is 5.91 Å². The minimum atomic E-state index is -0.0423. The molecule has 0 N–H and O–H groups in total. The molecule has 0 spiro atoms. The lowest BCUT2D eigenvalue weighted by Gasteiger charge is -2.34. The summed E-state index contributed by atoms with van der Waals surface area (Å²) in [6, 6.07) is 11.6. The third-order valence-electron chi connectivity index (χ3n) is 4.44. The zero-order valence-electron chi connectivity index (χ0n) is 14.7. The van der Waals surface area contributed by atoms with Crippen LogP contribution in [0.25, 0.3) is 10.2 Å². The molecular weight excluding hydrogens is 382 g/mol. The van der Waals surface area contributed by atoms with Gasteiger partial charge in [-0.15, -0.1) is 22.7 Å². The number of hydrogen-bond acceptors (Lipinski definition) is 6. The highest BCUT2D eigenvalue weighted by atomic mass is 32.1. The van der Waals surface area contributed by atoms with Gasteiger partial charge in [0.05, 0.1) is 21.7 Å². The molecule has 3 heterocycles. The Morgan fingerprint density at radius 1 is 1.04 bits per heavy atom. The minimum absolute atomic E-state index is 0.0365. The van der Waals surface area contributed by atoms with Gasteiger partial charge in [-0.25, -0.2) is 4.98 Å². The number of amides is 2. The maximum absolute atomic E-state index is 12.3. The molecule has 0 aliphatic carbocycles. The van der Waals surface area contributed by atoms with Crippen molar-refractivity contribution in [2.45, 2.75) is 6.61 Å². The monoisotopic (exact) mass is 401 g/mol. The number of fused-ring (bicyclic) bond motifs is 1. The number of nitrogens with zero attached hydrogens (tertiary/aromatic N) is 3. The van der Waals surface area contributed by atoms with E-state index in [1.165, 1.54) is 11.3 Å². The van der Waals surface area contributed by atoms with Crippen LogP contribution in [0.5, 0.6) is 0 Å². The molecule has 8 heteroatoms. The highest BCUT2D eigenvalue weighted by Gasteiger charge is 2.25. The van der Waals surface area contributed by atoms with E-state index in [2.05, 4.69) is 4.98 Å². The first-order chi connectivity index (χ1) is 13.2. The predicted molar refractivity (Wildman–Crippen MR) is 106 cm³/mol. The van der Waals surface area contributed by atoms with Gasteiger partial charge in [-0.3, -0.25) is 9.59 Å². The van der Waals surface area contributed by atoms with Gasteiger partial charge in [0, 0.05) is 26.2 Å². The number of aromatic nitrogens is 1. The normalized spacial score (nSPS) is 14.7. The molecule has 1 fully saturated rings.